The molecule has 0 spiro atoms. The normalized spacial score (nSPS) is 14.2. The molecule has 5 heteroatoms. The summed E-state index contributed by atoms with van der Waals surface area (Å²) in [6.07, 6.45) is -0.323. The fraction of sp³-hybridized carbons (Fsp3) is 0.0333. The third-order valence-electron chi connectivity index (χ3n) is 13.3. The highest BCUT2D eigenvalue weighted by atomic mass is 15.3. The third-order valence-corrected chi connectivity index (χ3v) is 13.3. The van der Waals surface area contributed by atoms with Crippen molar-refractivity contribution >= 4 is 76.8 Å². The van der Waals surface area contributed by atoms with Crippen LogP contribution >= 0.6 is 0 Å². The van der Waals surface area contributed by atoms with E-state index in [4.69, 9.17) is 9.98 Å². The van der Waals surface area contributed by atoms with Gasteiger partial charge in [-0.05, 0) is 69.8 Å². The summed E-state index contributed by atoms with van der Waals surface area (Å²) in [6.45, 7) is 0. The van der Waals surface area contributed by atoms with Crippen molar-refractivity contribution in [2.45, 2.75) is 6.17 Å². The number of aromatic nitrogens is 2. The first-order valence-electron chi connectivity index (χ1n) is 22.2. The van der Waals surface area contributed by atoms with Crippen molar-refractivity contribution < 1.29 is 0 Å². The monoisotopic (exact) mass is 831 g/mol. The van der Waals surface area contributed by atoms with E-state index in [0.29, 0.717) is 0 Å². The minimum atomic E-state index is -0.323. The van der Waals surface area contributed by atoms with Gasteiger partial charge in [-0.1, -0.05) is 182 Å². The molecule has 0 N–H and O–H groups in total. The quantitative estimate of drug-likeness (QED) is 0.164. The van der Waals surface area contributed by atoms with Gasteiger partial charge in [-0.15, -0.1) is 0 Å². The number of amidine groups is 2. The third kappa shape index (κ3) is 5.86. The van der Waals surface area contributed by atoms with Crippen molar-refractivity contribution in [1.82, 2.24) is 14.0 Å². The molecule has 0 fully saturated rings. The van der Waals surface area contributed by atoms with E-state index in [0.717, 1.165) is 61.5 Å². The Balaban J connectivity index is 1.10. The number of nitrogens with zero attached hydrogens (tertiary/aromatic N) is 5. The second kappa shape index (κ2) is 14.8. The molecule has 0 radical (unpaired) electrons. The maximum atomic E-state index is 5.43. The van der Waals surface area contributed by atoms with Crippen LogP contribution in [0.25, 0.3) is 87.7 Å². The first kappa shape index (κ1) is 37.1. The Kier molecular flexibility index (Phi) is 8.43. The summed E-state index contributed by atoms with van der Waals surface area (Å²) < 4.78 is 4.95. The van der Waals surface area contributed by atoms with Gasteiger partial charge in [0.05, 0.1) is 27.8 Å². The van der Waals surface area contributed by atoms with Gasteiger partial charge in [-0.25, -0.2) is 9.98 Å². The van der Waals surface area contributed by atoms with Gasteiger partial charge in [-0.3, -0.25) is 0 Å². The van der Waals surface area contributed by atoms with Crippen molar-refractivity contribution in [2.24, 2.45) is 9.98 Å². The van der Waals surface area contributed by atoms with Crippen LogP contribution in [0.1, 0.15) is 22.9 Å². The van der Waals surface area contributed by atoms with Crippen molar-refractivity contribution in [3.8, 4) is 22.5 Å². The fourth-order valence-electron chi connectivity index (χ4n) is 10.3. The number of fused-ring (bicyclic) bond motifs is 9. The van der Waals surface area contributed by atoms with E-state index in [2.05, 4.69) is 239 Å². The van der Waals surface area contributed by atoms with Crippen LogP contribution < -0.4 is 0 Å². The van der Waals surface area contributed by atoms with Crippen molar-refractivity contribution in [2.75, 3.05) is 7.05 Å². The number of rotatable bonds is 6. The summed E-state index contributed by atoms with van der Waals surface area (Å²) in [7, 11) is 2.11. The molecule has 5 nitrogen and oxygen atoms in total. The summed E-state index contributed by atoms with van der Waals surface area (Å²) in [4.78, 5) is 12.8. The zero-order chi connectivity index (χ0) is 43.0. The zero-order valence-electron chi connectivity index (χ0n) is 35.7. The van der Waals surface area contributed by atoms with Gasteiger partial charge >= 0.3 is 0 Å². The van der Waals surface area contributed by atoms with E-state index in [1.165, 1.54) is 54.5 Å². The van der Waals surface area contributed by atoms with Crippen LogP contribution in [0.5, 0.6) is 0 Å². The topological polar surface area (TPSA) is 37.8 Å². The number of aliphatic imine (C=N–C) groups is 2. The number of hydrogen-bond donors (Lipinski definition) is 0. The summed E-state index contributed by atoms with van der Waals surface area (Å²) in [5.41, 5.74) is 12.5. The van der Waals surface area contributed by atoms with Gasteiger partial charge < -0.3 is 14.0 Å². The standard InChI is InChI=1S/C60H41N5/c1-63-59(42-23-10-4-11-24-42)61-58(41-21-8-3-9-22-41)62-60(63)49-33-35-52(47-29-17-16-28-46(47)49)65-54-36-43(39-18-6-2-7-19-39)30-32-48(54)50-37-51-56(38-55(50)65)64(44-25-12-5-13-26-44)53-34-31-40-20-14-15-27-45(40)57(51)53/h2-38,60H,1H3. The van der Waals surface area contributed by atoms with Gasteiger partial charge in [0, 0.05) is 56.4 Å². The first-order chi connectivity index (χ1) is 32.2. The predicted molar refractivity (Wildman–Crippen MR) is 272 cm³/mol. The van der Waals surface area contributed by atoms with Gasteiger partial charge in [0.2, 0.25) is 0 Å². The molecule has 1 aliphatic rings. The highest BCUT2D eigenvalue weighted by molar-refractivity contribution is 6.25. The second-order valence-corrected chi connectivity index (χ2v) is 17.0. The minimum Gasteiger partial charge on any atom is -0.333 e. The molecule has 65 heavy (non-hydrogen) atoms. The lowest BCUT2D eigenvalue weighted by atomic mass is 9.98. The van der Waals surface area contributed by atoms with Crippen LogP contribution in [0.2, 0.25) is 0 Å². The van der Waals surface area contributed by atoms with Gasteiger partial charge in [0.25, 0.3) is 0 Å². The molecule has 1 aliphatic heterocycles. The Bertz CT molecular complexity index is 3880. The molecule has 2 aromatic heterocycles. The van der Waals surface area contributed by atoms with Gasteiger partial charge in [-0.2, -0.15) is 0 Å². The Labute approximate surface area is 376 Å². The Hall–Kier alpha value is -8.54. The number of hydrogen-bond acceptors (Lipinski definition) is 3. The summed E-state index contributed by atoms with van der Waals surface area (Å²) >= 11 is 0. The van der Waals surface area contributed by atoms with E-state index >= 15 is 0 Å². The molecule has 12 aromatic rings. The van der Waals surface area contributed by atoms with Crippen LogP contribution in [-0.4, -0.2) is 32.8 Å². The molecule has 1 unspecified atom stereocenters. The maximum absolute atomic E-state index is 5.43. The Morgan fingerprint density at radius 1 is 0.385 bits per heavy atom. The molecule has 3 heterocycles. The summed E-state index contributed by atoms with van der Waals surface area (Å²) in [6, 6.07) is 81.0. The van der Waals surface area contributed by atoms with Crippen molar-refractivity contribution in [3.05, 3.63) is 241 Å². The molecular formula is C60H41N5. The molecule has 306 valence electrons. The van der Waals surface area contributed by atoms with E-state index in [1.807, 2.05) is 6.07 Å². The lowest BCUT2D eigenvalue weighted by molar-refractivity contribution is 0.385. The highest BCUT2D eigenvalue weighted by Gasteiger charge is 2.29. The minimum absolute atomic E-state index is 0.323. The number of benzene rings is 10. The van der Waals surface area contributed by atoms with E-state index < -0.39 is 0 Å². The average molecular weight is 832 g/mol. The molecule has 10 aromatic carbocycles. The molecule has 0 bridgehead atoms. The summed E-state index contributed by atoms with van der Waals surface area (Å²) in [5, 5.41) is 9.72. The van der Waals surface area contributed by atoms with E-state index in [9.17, 15) is 0 Å². The lowest BCUT2D eigenvalue weighted by Gasteiger charge is -2.33. The Morgan fingerprint density at radius 2 is 1.00 bits per heavy atom. The van der Waals surface area contributed by atoms with Crippen LogP contribution in [-0.2, 0) is 0 Å². The fourth-order valence-corrected chi connectivity index (χ4v) is 10.3. The van der Waals surface area contributed by atoms with Gasteiger partial charge in [0.15, 0.2) is 12.0 Å². The molecule has 0 aliphatic carbocycles. The highest BCUT2D eigenvalue weighted by Crippen LogP contribution is 2.44. The number of para-hydroxylation sites is 1. The van der Waals surface area contributed by atoms with Crippen LogP contribution in [0.15, 0.2) is 234 Å². The van der Waals surface area contributed by atoms with Gasteiger partial charge in [0.1, 0.15) is 5.84 Å². The maximum Gasteiger partial charge on any atom is 0.159 e. The van der Waals surface area contributed by atoms with Crippen molar-refractivity contribution in [1.29, 1.82) is 0 Å². The van der Waals surface area contributed by atoms with Crippen molar-refractivity contribution in [3.63, 3.8) is 0 Å². The molecule has 0 saturated heterocycles. The van der Waals surface area contributed by atoms with Crippen LogP contribution in [0.3, 0.4) is 0 Å². The molecule has 0 amide bonds. The largest absolute Gasteiger partial charge is 0.333 e. The molecule has 0 saturated carbocycles. The van der Waals surface area contributed by atoms with E-state index in [-0.39, 0.29) is 6.17 Å². The lowest BCUT2D eigenvalue weighted by Crippen LogP contribution is -2.35. The SMILES string of the molecule is CN1C(c2ccccc2)=NC(c2ccccc2)=NC1c1ccc(-n2c3cc(-c4ccccc4)ccc3c3cc4c5c6ccccc6ccc5n(-c5ccccc5)c4cc32)c2ccccc12. The van der Waals surface area contributed by atoms with Crippen LogP contribution in [0.4, 0.5) is 0 Å². The molecule has 13 rings (SSSR count). The smallest absolute Gasteiger partial charge is 0.159 e. The summed E-state index contributed by atoms with van der Waals surface area (Å²) in [5.74, 6) is 1.61. The first-order valence-corrected chi connectivity index (χ1v) is 22.2. The van der Waals surface area contributed by atoms with Crippen LogP contribution in [0, 0.1) is 0 Å². The Morgan fingerprint density at radius 3 is 1.75 bits per heavy atom. The second-order valence-electron chi connectivity index (χ2n) is 17.0. The van der Waals surface area contributed by atoms with E-state index in [1.54, 1.807) is 0 Å². The molecular weight excluding hydrogens is 791 g/mol. The zero-order valence-corrected chi connectivity index (χ0v) is 35.7. The molecule has 1 atom stereocenters. The predicted octanol–water partition coefficient (Wildman–Crippen LogP) is 14.7. The average Bonchev–Trinajstić information content (AvgIpc) is 3.88.